The van der Waals surface area contributed by atoms with Crippen molar-refractivity contribution in [1.29, 1.82) is 0 Å². The Labute approximate surface area is 118 Å². The van der Waals surface area contributed by atoms with E-state index in [1.54, 1.807) is 7.11 Å². The second-order valence-electron chi connectivity index (χ2n) is 4.40. The molecule has 0 fully saturated rings. The second-order valence-corrected chi connectivity index (χ2v) is 4.76. The third-order valence-electron chi connectivity index (χ3n) is 2.96. The average Bonchev–Trinajstić information content (AvgIpc) is 2.42. The van der Waals surface area contributed by atoms with Crippen LogP contribution in [0.15, 0.2) is 30.3 Å². The van der Waals surface area contributed by atoms with Crippen molar-refractivity contribution in [2.75, 3.05) is 13.7 Å². The molecule has 0 bridgehead atoms. The van der Waals surface area contributed by atoms with Gasteiger partial charge < -0.3 is 4.74 Å². The molecule has 0 aliphatic carbocycles. The van der Waals surface area contributed by atoms with Gasteiger partial charge in [0.05, 0.1) is 6.61 Å². The summed E-state index contributed by atoms with van der Waals surface area (Å²) in [5.74, 6) is 0.737. The minimum absolute atomic E-state index is 0.544. The Kier molecular flexibility index (Phi) is 4.88. The fourth-order valence-electron chi connectivity index (χ4n) is 1.92. The summed E-state index contributed by atoms with van der Waals surface area (Å²) in [6, 6.07) is 10.2. The standard InChI is InChI=1S/C15H17ClN2O/c1-11-13(10-12-6-4-3-5-7-12)15(16)18-14(17-11)8-9-19-2/h3-7H,8-10H2,1-2H3. The van der Waals surface area contributed by atoms with Crippen LogP contribution in [0.4, 0.5) is 0 Å². The first-order valence-electron chi connectivity index (χ1n) is 6.25. The molecule has 100 valence electrons. The number of methoxy groups -OCH3 is 1. The topological polar surface area (TPSA) is 35.0 Å². The molecule has 1 aromatic heterocycles. The Morgan fingerprint density at radius 3 is 2.53 bits per heavy atom. The van der Waals surface area contributed by atoms with Crippen molar-refractivity contribution in [3.63, 3.8) is 0 Å². The number of benzene rings is 1. The molecule has 1 heterocycles. The van der Waals surface area contributed by atoms with Crippen molar-refractivity contribution in [3.8, 4) is 0 Å². The summed E-state index contributed by atoms with van der Waals surface area (Å²) in [7, 11) is 1.66. The summed E-state index contributed by atoms with van der Waals surface area (Å²) in [6.07, 6.45) is 1.44. The number of hydrogen-bond acceptors (Lipinski definition) is 3. The fraction of sp³-hybridized carbons (Fsp3) is 0.333. The van der Waals surface area contributed by atoms with E-state index in [0.29, 0.717) is 18.2 Å². The molecule has 0 radical (unpaired) electrons. The highest BCUT2D eigenvalue weighted by atomic mass is 35.5. The van der Waals surface area contributed by atoms with Crippen LogP contribution in [0, 0.1) is 6.92 Å². The van der Waals surface area contributed by atoms with Gasteiger partial charge in [0.1, 0.15) is 11.0 Å². The van der Waals surface area contributed by atoms with Gasteiger partial charge in [0.25, 0.3) is 0 Å². The minimum Gasteiger partial charge on any atom is -0.384 e. The van der Waals surface area contributed by atoms with E-state index in [0.717, 1.165) is 23.5 Å². The quantitative estimate of drug-likeness (QED) is 0.787. The van der Waals surface area contributed by atoms with Crippen LogP contribution in [-0.4, -0.2) is 23.7 Å². The van der Waals surface area contributed by atoms with Crippen molar-refractivity contribution in [1.82, 2.24) is 9.97 Å². The van der Waals surface area contributed by atoms with Gasteiger partial charge in [-0.1, -0.05) is 41.9 Å². The van der Waals surface area contributed by atoms with Crippen LogP contribution in [0.3, 0.4) is 0 Å². The molecule has 0 atom stereocenters. The van der Waals surface area contributed by atoms with Crippen LogP contribution in [0.2, 0.25) is 5.15 Å². The molecular weight excluding hydrogens is 260 g/mol. The fourth-order valence-corrected chi connectivity index (χ4v) is 2.22. The summed E-state index contributed by atoms with van der Waals surface area (Å²) in [6.45, 7) is 2.58. The Bertz CT molecular complexity index is 520. The highest BCUT2D eigenvalue weighted by Crippen LogP contribution is 2.20. The van der Waals surface area contributed by atoms with Crippen LogP contribution >= 0.6 is 11.6 Å². The van der Waals surface area contributed by atoms with Gasteiger partial charge >= 0.3 is 0 Å². The summed E-state index contributed by atoms with van der Waals surface area (Å²) < 4.78 is 5.03. The molecule has 19 heavy (non-hydrogen) atoms. The zero-order valence-electron chi connectivity index (χ0n) is 11.2. The van der Waals surface area contributed by atoms with Crippen LogP contribution in [0.25, 0.3) is 0 Å². The summed E-state index contributed by atoms with van der Waals surface area (Å²) in [4.78, 5) is 8.83. The van der Waals surface area contributed by atoms with Crippen LogP contribution < -0.4 is 0 Å². The van der Waals surface area contributed by atoms with Gasteiger partial charge in [0, 0.05) is 31.2 Å². The number of rotatable bonds is 5. The maximum Gasteiger partial charge on any atom is 0.136 e. The number of aromatic nitrogens is 2. The van der Waals surface area contributed by atoms with E-state index in [4.69, 9.17) is 16.3 Å². The van der Waals surface area contributed by atoms with Gasteiger partial charge in [0.2, 0.25) is 0 Å². The molecule has 0 N–H and O–H groups in total. The Balaban J connectivity index is 2.22. The van der Waals surface area contributed by atoms with Gasteiger partial charge in [-0.15, -0.1) is 0 Å². The highest BCUT2D eigenvalue weighted by Gasteiger charge is 2.10. The SMILES string of the molecule is COCCc1nc(C)c(Cc2ccccc2)c(Cl)n1. The van der Waals surface area contributed by atoms with E-state index in [1.165, 1.54) is 5.56 Å². The molecule has 0 saturated heterocycles. The average molecular weight is 277 g/mol. The van der Waals surface area contributed by atoms with Gasteiger partial charge in [-0.25, -0.2) is 9.97 Å². The molecule has 2 aromatic rings. The summed E-state index contributed by atoms with van der Waals surface area (Å²) in [5.41, 5.74) is 3.14. The molecule has 0 aliphatic rings. The third kappa shape index (κ3) is 3.75. The lowest BCUT2D eigenvalue weighted by Gasteiger charge is -2.09. The lowest BCUT2D eigenvalue weighted by Crippen LogP contribution is -2.06. The Hall–Kier alpha value is -1.45. The number of hydrogen-bond donors (Lipinski definition) is 0. The molecule has 0 saturated carbocycles. The minimum atomic E-state index is 0.544. The van der Waals surface area contributed by atoms with Gasteiger partial charge in [-0.2, -0.15) is 0 Å². The molecule has 0 spiro atoms. The van der Waals surface area contributed by atoms with Crippen LogP contribution in [0.5, 0.6) is 0 Å². The van der Waals surface area contributed by atoms with E-state index in [9.17, 15) is 0 Å². The molecule has 2 rings (SSSR count). The van der Waals surface area contributed by atoms with E-state index in [-0.39, 0.29) is 0 Å². The predicted molar refractivity (Wildman–Crippen MR) is 76.6 cm³/mol. The number of aryl methyl sites for hydroxylation is 1. The normalized spacial score (nSPS) is 10.7. The van der Waals surface area contributed by atoms with E-state index in [1.807, 2.05) is 25.1 Å². The summed E-state index contributed by atoms with van der Waals surface area (Å²) >= 11 is 6.27. The molecule has 1 aromatic carbocycles. The van der Waals surface area contributed by atoms with Crippen molar-refractivity contribution in [3.05, 3.63) is 58.1 Å². The van der Waals surface area contributed by atoms with Crippen molar-refractivity contribution in [2.24, 2.45) is 0 Å². The zero-order chi connectivity index (χ0) is 13.7. The first-order chi connectivity index (χ1) is 9.20. The van der Waals surface area contributed by atoms with Gasteiger partial charge in [-0.3, -0.25) is 0 Å². The molecular formula is C15H17ClN2O. The van der Waals surface area contributed by atoms with Gasteiger partial charge in [0.15, 0.2) is 0 Å². The Morgan fingerprint density at radius 2 is 1.89 bits per heavy atom. The molecule has 0 amide bonds. The largest absolute Gasteiger partial charge is 0.384 e. The smallest absolute Gasteiger partial charge is 0.136 e. The summed E-state index contributed by atoms with van der Waals surface area (Å²) in [5, 5.41) is 0.544. The second kappa shape index (κ2) is 6.64. The number of ether oxygens (including phenoxy) is 1. The number of halogens is 1. The van der Waals surface area contributed by atoms with E-state index < -0.39 is 0 Å². The predicted octanol–water partition coefficient (Wildman–Crippen LogP) is 3.22. The van der Waals surface area contributed by atoms with E-state index >= 15 is 0 Å². The molecule has 0 aliphatic heterocycles. The van der Waals surface area contributed by atoms with Crippen molar-refractivity contribution >= 4 is 11.6 Å². The Morgan fingerprint density at radius 1 is 1.16 bits per heavy atom. The lowest BCUT2D eigenvalue weighted by atomic mass is 10.1. The van der Waals surface area contributed by atoms with Gasteiger partial charge in [-0.05, 0) is 12.5 Å². The first kappa shape index (κ1) is 14.0. The molecule has 3 nitrogen and oxygen atoms in total. The monoisotopic (exact) mass is 276 g/mol. The third-order valence-corrected chi connectivity index (χ3v) is 3.28. The maximum absolute atomic E-state index is 6.27. The number of nitrogens with zero attached hydrogens (tertiary/aromatic N) is 2. The maximum atomic E-state index is 6.27. The highest BCUT2D eigenvalue weighted by molar-refractivity contribution is 6.30. The van der Waals surface area contributed by atoms with Crippen molar-refractivity contribution in [2.45, 2.75) is 19.8 Å². The zero-order valence-corrected chi connectivity index (χ0v) is 11.9. The molecule has 4 heteroatoms. The lowest BCUT2D eigenvalue weighted by molar-refractivity contribution is 0.200. The first-order valence-corrected chi connectivity index (χ1v) is 6.63. The van der Waals surface area contributed by atoms with Crippen molar-refractivity contribution < 1.29 is 4.74 Å². The van der Waals surface area contributed by atoms with E-state index in [2.05, 4.69) is 22.1 Å². The van der Waals surface area contributed by atoms with Crippen LogP contribution in [-0.2, 0) is 17.6 Å². The van der Waals surface area contributed by atoms with Crippen LogP contribution in [0.1, 0.15) is 22.6 Å². The molecule has 0 unspecified atom stereocenters.